The van der Waals surface area contributed by atoms with Crippen molar-refractivity contribution in [1.29, 1.82) is 0 Å². The van der Waals surface area contributed by atoms with Crippen LogP contribution in [0.4, 0.5) is 0 Å². The van der Waals surface area contributed by atoms with E-state index in [1.807, 2.05) is 0 Å². The highest BCUT2D eigenvalue weighted by molar-refractivity contribution is 7.80. The molecule has 9 heterocycles. The molecule has 0 spiro atoms. The first-order valence-corrected chi connectivity index (χ1v) is 24.2. The van der Waals surface area contributed by atoms with Gasteiger partial charge < -0.3 is 132 Å². The Kier molecular flexibility index (Phi) is 17.2. The Morgan fingerprint density at radius 2 is 0.803 bits per heavy atom. The van der Waals surface area contributed by atoms with Gasteiger partial charge in [-0.05, 0) is 0 Å². The van der Waals surface area contributed by atoms with Crippen molar-refractivity contribution in [1.82, 2.24) is 0 Å². The van der Waals surface area contributed by atoms with Crippen LogP contribution in [0.2, 0.25) is 0 Å². The van der Waals surface area contributed by atoms with Crippen LogP contribution in [0, 0.1) is 0 Å². The first kappa shape index (κ1) is 54.6. The van der Waals surface area contributed by atoms with Crippen LogP contribution in [0.1, 0.15) is 0 Å². The maximum Gasteiger partial charge on any atom is 0.397 e. The molecule has 9 saturated heterocycles. The second kappa shape index (κ2) is 22.4. The molecule has 9 aliphatic heterocycles. The van der Waals surface area contributed by atoms with Gasteiger partial charge >= 0.3 is 10.4 Å². The molecule has 0 unspecified atom stereocenters. The van der Waals surface area contributed by atoms with Gasteiger partial charge in [0, 0.05) is 21.3 Å². The van der Waals surface area contributed by atoms with Crippen LogP contribution in [0.25, 0.3) is 0 Å². The zero-order chi connectivity index (χ0) is 50.8. The molecule has 11 N–H and O–H groups in total. The van der Waals surface area contributed by atoms with Gasteiger partial charge in [-0.1, -0.05) is 0 Å². The third-order valence-corrected chi connectivity index (χ3v) is 14.6. The van der Waals surface area contributed by atoms with Crippen LogP contribution in [0.5, 0.6) is 0 Å². The van der Waals surface area contributed by atoms with Gasteiger partial charge in [-0.2, -0.15) is 8.42 Å². The lowest BCUT2D eigenvalue weighted by atomic mass is 9.96. The predicted octanol–water partition coefficient (Wildman–Crippen LogP) is -9.17. The molecule has 0 aromatic heterocycles. The average molecular weight is 1060 g/mol. The van der Waals surface area contributed by atoms with Gasteiger partial charge in [-0.3, -0.25) is 4.55 Å². The number of rotatable bonds is 18. The summed E-state index contributed by atoms with van der Waals surface area (Å²) < 4.78 is 139. The number of hydrogen-bond acceptors (Lipinski definition) is 30. The lowest BCUT2D eigenvalue weighted by Gasteiger charge is -2.49. The Hall–Kier alpha value is -1.21. The molecule has 0 aromatic carbocycles. The van der Waals surface area contributed by atoms with Crippen LogP contribution < -0.4 is 0 Å². The zero-order valence-corrected chi connectivity index (χ0v) is 38.9. The summed E-state index contributed by atoms with van der Waals surface area (Å²) in [5.74, 6) is 0. The van der Waals surface area contributed by atoms with Gasteiger partial charge in [0.05, 0.1) is 39.6 Å². The van der Waals surface area contributed by atoms with E-state index in [1.54, 1.807) is 0 Å². The van der Waals surface area contributed by atoms with E-state index in [0.29, 0.717) is 0 Å². The highest BCUT2D eigenvalue weighted by atomic mass is 32.3. The molecule has 0 radical (unpaired) electrons. The van der Waals surface area contributed by atoms with E-state index in [4.69, 9.17) is 84.7 Å². The Morgan fingerprint density at radius 3 is 1.30 bits per heavy atom. The van der Waals surface area contributed by atoms with E-state index in [-0.39, 0.29) is 19.8 Å². The second-order valence-corrected chi connectivity index (χ2v) is 19.3. The van der Waals surface area contributed by atoms with E-state index in [0.717, 1.165) is 0 Å². The minimum atomic E-state index is -5.35. The van der Waals surface area contributed by atoms with Crippen molar-refractivity contribution in [2.75, 3.05) is 61.0 Å². The molecule has 0 saturated carbocycles. The lowest BCUT2D eigenvalue weighted by Crippen LogP contribution is -2.67. The fourth-order valence-electron chi connectivity index (χ4n) is 10.5. The largest absolute Gasteiger partial charge is 0.397 e. The van der Waals surface area contributed by atoms with Crippen molar-refractivity contribution in [3.05, 3.63) is 0 Å². The van der Waals surface area contributed by atoms with Crippen molar-refractivity contribution in [2.24, 2.45) is 0 Å². The van der Waals surface area contributed by atoms with Gasteiger partial charge in [0.25, 0.3) is 0 Å². The van der Waals surface area contributed by atoms with Gasteiger partial charge in [0.1, 0.15) is 146 Å². The minimum Gasteiger partial charge on any atom is -0.394 e. The highest BCUT2D eigenvalue weighted by Gasteiger charge is 2.62. The predicted molar refractivity (Wildman–Crippen MR) is 214 cm³/mol. The van der Waals surface area contributed by atoms with Gasteiger partial charge in [0.15, 0.2) is 37.7 Å². The maximum absolute atomic E-state index is 12.2. The van der Waals surface area contributed by atoms with E-state index in [1.165, 1.54) is 21.3 Å². The molecule has 9 fully saturated rings. The first-order valence-electron chi connectivity index (χ1n) is 22.8. The maximum atomic E-state index is 12.2. The number of fused-ring (bicyclic) bond motifs is 6. The Bertz CT molecular complexity index is 1860. The summed E-state index contributed by atoms with van der Waals surface area (Å²) in [6.07, 6.45) is -42.7. The van der Waals surface area contributed by atoms with Crippen molar-refractivity contribution < 1.29 is 149 Å². The van der Waals surface area contributed by atoms with Crippen LogP contribution in [-0.4, -0.2) is 309 Å². The number of methoxy groups -OCH3 is 3. The third kappa shape index (κ3) is 10.5. The van der Waals surface area contributed by atoms with Gasteiger partial charge in [0.2, 0.25) is 0 Å². The van der Waals surface area contributed by atoms with Crippen LogP contribution in [0.3, 0.4) is 0 Å². The zero-order valence-electron chi connectivity index (χ0n) is 38.1. The van der Waals surface area contributed by atoms with E-state index >= 15 is 0 Å². The SMILES string of the molecule is CO[C@@H]1[C@H](O[C@@H]2[C@@H](O)[C@H](O[C@H]3[C@H]4OC[C@@H]3O[C@@H](O[C@@H]3[C@@H](O)[C@@H](O)O[C@H](CO)[C@@H]3O)[C@H]4OC)O[C@H](CO)[C@@H]2OS(=O)(=O)O)O[C@H]2CO[C@@H]1[C@@H]2O[C@@H]1O[C@H](CO)[C@H](O)[C@H](O[C@@H]2O[C@H]3CO[C@H]([C@@H]3O)[C@@H]2OC)[C@H]1O. The summed E-state index contributed by atoms with van der Waals surface area (Å²) in [6.45, 7) is -2.82. The summed E-state index contributed by atoms with van der Waals surface area (Å²) in [4.78, 5) is 0. The molecular formula is C39H62O31S. The molecule has 410 valence electrons. The second-order valence-electron chi connectivity index (χ2n) is 18.3. The molecule has 0 amide bonds. The standard InChI is InChI=1S/C39H62O31S/c1-53-31-27-18(45)13(7-56-27)62-37(31)68-26-17(44)11(5-41)60-35(20(26)47)65-22-15-9-58-30(22)33(55-3)39(64-15)69-28-21(48)36(61-12(6-42)24(28)70-71(50,51)52)66-23-14-8-57-29(23)32(54-2)38(63-14)67-25-16(43)10(4-40)59-34(49)19(25)46/h10-49H,4-9H2,1-3H3,(H,50,51,52)/t10-,11-,12-,13+,14+,15+,16+,17+,18-,19-,20-,21-,22-,23-,24+,25+,26+,27-,28-,29-,30-,31+,32+,33+,34+,35+,36+,37+,38+,39+/m1/s1. The van der Waals surface area contributed by atoms with Crippen molar-refractivity contribution in [3.8, 4) is 0 Å². The highest BCUT2D eigenvalue weighted by Crippen LogP contribution is 2.42. The number of aliphatic hydroxyl groups is 10. The van der Waals surface area contributed by atoms with E-state index < -0.39 is 214 Å². The first-order chi connectivity index (χ1) is 33.9. The molecule has 9 aliphatic rings. The molecule has 71 heavy (non-hydrogen) atoms. The topological polar surface area (TPSA) is 423 Å². The normalized spacial score (nSPS) is 53.0. The molecule has 9 rings (SSSR count). The average Bonchev–Trinajstić information content (AvgIpc) is 3.88. The number of ether oxygens (including phenoxy) is 17. The summed E-state index contributed by atoms with van der Waals surface area (Å²) in [5.41, 5.74) is 0. The molecule has 6 bridgehead atoms. The smallest absolute Gasteiger partial charge is 0.394 e. The summed E-state index contributed by atoms with van der Waals surface area (Å²) in [7, 11) is -1.54. The van der Waals surface area contributed by atoms with Crippen molar-refractivity contribution in [3.63, 3.8) is 0 Å². The van der Waals surface area contributed by atoms with Gasteiger partial charge in [-0.25, -0.2) is 4.18 Å². The summed E-state index contributed by atoms with van der Waals surface area (Å²) in [5, 5.41) is 107. The fourth-order valence-corrected chi connectivity index (χ4v) is 11.1. The molecular weight excluding hydrogens is 996 g/mol. The number of aliphatic hydroxyl groups excluding tert-OH is 10. The van der Waals surface area contributed by atoms with Crippen LogP contribution in [0.15, 0.2) is 0 Å². The molecule has 32 heteroatoms. The van der Waals surface area contributed by atoms with E-state index in [9.17, 15) is 64.0 Å². The quantitative estimate of drug-likeness (QED) is 0.0568. The Labute approximate surface area is 403 Å². The molecule has 0 aliphatic carbocycles. The summed E-state index contributed by atoms with van der Waals surface area (Å²) >= 11 is 0. The monoisotopic (exact) mass is 1060 g/mol. The lowest BCUT2D eigenvalue weighted by molar-refractivity contribution is -0.381. The molecule has 0 aromatic rings. The Balaban J connectivity index is 0.894. The fraction of sp³-hybridized carbons (Fsp3) is 1.00. The van der Waals surface area contributed by atoms with Crippen molar-refractivity contribution >= 4 is 10.4 Å². The van der Waals surface area contributed by atoms with Gasteiger partial charge in [-0.15, -0.1) is 0 Å². The number of hydrogen-bond donors (Lipinski definition) is 11. The van der Waals surface area contributed by atoms with E-state index in [2.05, 4.69) is 0 Å². The van der Waals surface area contributed by atoms with Crippen LogP contribution in [-0.2, 0) is 95.1 Å². The molecule has 30 atom stereocenters. The minimum absolute atomic E-state index is 0.0302. The summed E-state index contributed by atoms with van der Waals surface area (Å²) in [6, 6.07) is 0. The van der Waals surface area contributed by atoms with Crippen LogP contribution >= 0.6 is 0 Å². The third-order valence-electron chi connectivity index (χ3n) is 14.1. The molecule has 31 nitrogen and oxygen atoms in total. The van der Waals surface area contributed by atoms with Crippen molar-refractivity contribution in [2.45, 2.75) is 184 Å². The Morgan fingerprint density at radius 1 is 0.408 bits per heavy atom.